The van der Waals surface area contributed by atoms with Crippen molar-refractivity contribution < 1.29 is 22.7 Å². The monoisotopic (exact) mass is 251 g/mol. The Hall–Kier alpha value is -0.780. The molecule has 0 bridgehead atoms. The van der Waals surface area contributed by atoms with Crippen molar-refractivity contribution in [3.63, 3.8) is 0 Å². The Morgan fingerprint density at radius 3 is 2.76 bits per heavy atom. The Bertz CT molecular complexity index is 318. The molecule has 0 aromatic rings. The zero-order valence-corrected chi connectivity index (χ0v) is 9.43. The van der Waals surface area contributed by atoms with E-state index in [2.05, 4.69) is 0 Å². The summed E-state index contributed by atoms with van der Waals surface area (Å²) < 4.78 is 43.3. The number of carbonyl (C=O) groups is 1. The summed E-state index contributed by atoms with van der Waals surface area (Å²) in [7, 11) is 0. The summed E-state index contributed by atoms with van der Waals surface area (Å²) in [5.74, 6) is -1.73. The van der Waals surface area contributed by atoms with E-state index in [0.717, 1.165) is 0 Å². The van der Waals surface area contributed by atoms with Gasteiger partial charge < -0.3 is 10.5 Å². The van der Waals surface area contributed by atoms with E-state index in [1.807, 2.05) is 0 Å². The van der Waals surface area contributed by atoms with Gasteiger partial charge in [-0.3, -0.25) is 4.79 Å². The molecule has 1 heterocycles. The molecule has 3 nitrogen and oxygen atoms in total. The first-order valence-electron chi connectivity index (χ1n) is 5.84. The van der Waals surface area contributed by atoms with Crippen LogP contribution in [0.15, 0.2) is 0 Å². The molecule has 2 N–H and O–H groups in total. The average molecular weight is 251 g/mol. The highest BCUT2D eigenvalue weighted by atomic mass is 19.4. The van der Waals surface area contributed by atoms with E-state index < -0.39 is 29.6 Å². The fourth-order valence-corrected chi connectivity index (χ4v) is 3.15. The van der Waals surface area contributed by atoms with Crippen molar-refractivity contribution in [3.8, 4) is 0 Å². The van der Waals surface area contributed by atoms with Crippen LogP contribution in [0.2, 0.25) is 0 Å². The summed E-state index contributed by atoms with van der Waals surface area (Å²) in [4.78, 5) is 11.3. The molecule has 98 valence electrons. The maximum absolute atomic E-state index is 12.7. The number of esters is 1. The maximum atomic E-state index is 12.7. The fourth-order valence-electron chi connectivity index (χ4n) is 3.15. The Morgan fingerprint density at radius 1 is 1.47 bits per heavy atom. The number of rotatable bonds is 1. The third-order valence-electron chi connectivity index (χ3n) is 4.01. The van der Waals surface area contributed by atoms with Crippen LogP contribution in [0, 0.1) is 11.3 Å². The molecule has 1 spiro atoms. The smallest absolute Gasteiger partial charge is 0.391 e. The van der Waals surface area contributed by atoms with Crippen molar-refractivity contribution in [2.24, 2.45) is 17.1 Å². The van der Waals surface area contributed by atoms with Crippen LogP contribution >= 0.6 is 0 Å². The number of hydrogen-bond donors (Lipinski definition) is 1. The maximum Gasteiger partial charge on any atom is 0.391 e. The Balaban J connectivity index is 2.17. The second-order valence-corrected chi connectivity index (χ2v) is 5.09. The van der Waals surface area contributed by atoms with Gasteiger partial charge in [-0.15, -0.1) is 0 Å². The van der Waals surface area contributed by atoms with E-state index in [9.17, 15) is 18.0 Å². The molecule has 3 atom stereocenters. The number of carbonyl (C=O) groups excluding carboxylic acids is 1. The highest BCUT2D eigenvalue weighted by Gasteiger charge is 2.55. The number of halogens is 3. The Morgan fingerprint density at radius 2 is 2.18 bits per heavy atom. The molecule has 0 radical (unpaired) electrons. The van der Waals surface area contributed by atoms with E-state index >= 15 is 0 Å². The molecule has 17 heavy (non-hydrogen) atoms. The van der Waals surface area contributed by atoms with Gasteiger partial charge in [-0.1, -0.05) is 6.42 Å². The van der Waals surface area contributed by atoms with Crippen LogP contribution in [-0.2, 0) is 9.53 Å². The van der Waals surface area contributed by atoms with Gasteiger partial charge in [0.25, 0.3) is 0 Å². The largest absolute Gasteiger partial charge is 0.460 e. The highest BCUT2D eigenvalue weighted by molar-refractivity contribution is 5.73. The molecule has 1 saturated carbocycles. The SMILES string of the molecule is NCC1OC(=O)CC12CCCC(C(F)(F)F)C2. The summed E-state index contributed by atoms with van der Waals surface area (Å²) in [6, 6.07) is 0. The standard InChI is InChI=1S/C11H16F3NO2/c12-11(13,14)7-2-1-3-10(4-7)5-9(16)17-8(10)6-15/h7-8H,1-6,15H2. The Labute approximate surface area is 97.5 Å². The van der Waals surface area contributed by atoms with Crippen LogP contribution in [0.5, 0.6) is 0 Å². The number of alkyl halides is 3. The van der Waals surface area contributed by atoms with Crippen LogP contribution in [0.4, 0.5) is 13.2 Å². The van der Waals surface area contributed by atoms with Crippen molar-refractivity contribution in [2.75, 3.05) is 6.54 Å². The lowest BCUT2D eigenvalue weighted by Gasteiger charge is -2.40. The van der Waals surface area contributed by atoms with E-state index in [0.29, 0.717) is 12.8 Å². The summed E-state index contributed by atoms with van der Waals surface area (Å²) in [5.41, 5.74) is 4.82. The van der Waals surface area contributed by atoms with E-state index in [-0.39, 0.29) is 25.8 Å². The van der Waals surface area contributed by atoms with Crippen LogP contribution in [0.25, 0.3) is 0 Å². The van der Waals surface area contributed by atoms with E-state index in [1.165, 1.54) is 0 Å². The minimum Gasteiger partial charge on any atom is -0.460 e. The first kappa shape index (κ1) is 12.7. The number of cyclic esters (lactones) is 1. The quantitative estimate of drug-likeness (QED) is 0.725. The molecule has 1 aliphatic carbocycles. The second kappa shape index (κ2) is 4.15. The minimum absolute atomic E-state index is 0.0237. The summed E-state index contributed by atoms with van der Waals surface area (Å²) in [5, 5.41) is 0. The van der Waals surface area contributed by atoms with Crippen molar-refractivity contribution in [1.82, 2.24) is 0 Å². The molecule has 1 saturated heterocycles. The summed E-state index contributed by atoms with van der Waals surface area (Å²) in [6.45, 7) is 0.107. The first-order valence-corrected chi connectivity index (χ1v) is 5.84. The third kappa shape index (κ3) is 2.27. The van der Waals surface area contributed by atoms with Gasteiger partial charge in [0.1, 0.15) is 6.10 Å². The second-order valence-electron chi connectivity index (χ2n) is 5.09. The molecule has 0 amide bonds. The summed E-state index contributed by atoms with van der Waals surface area (Å²) >= 11 is 0. The van der Waals surface area contributed by atoms with E-state index in [4.69, 9.17) is 10.5 Å². The molecule has 1 aliphatic heterocycles. The number of ether oxygens (including phenoxy) is 1. The highest BCUT2D eigenvalue weighted by Crippen LogP contribution is 2.52. The Kier molecular flexibility index (Phi) is 3.10. The van der Waals surface area contributed by atoms with Gasteiger partial charge in [0.2, 0.25) is 0 Å². The molecule has 2 aliphatic rings. The topological polar surface area (TPSA) is 52.3 Å². The third-order valence-corrected chi connectivity index (χ3v) is 4.01. The van der Waals surface area contributed by atoms with Crippen molar-refractivity contribution in [1.29, 1.82) is 0 Å². The summed E-state index contributed by atoms with van der Waals surface area (Å²) in [6.07, 6.45) is -3.43. The zero-order chi connectivity index (χ0) is 12.7. The van der Waals surface area contributed by atoms with Crippen LogP contribution in [0.1, 0.15) is 32.1 Å². The van der Waals surface area contributed by atoms with Crippen LogP contribution in [0.3, 0.4) is 0 Å². The van der Waals surface area contributed by atoms with Gasteiger partial charge in [-0.25, -0.2) is 0 Å². The van der Waals surface area contributed by atoms with Crippen LogP contribution < -0.4 is 5.73 Å². The molecular weight excluding hydrogens is 235 g/mol. The molecule has 6 heteroatoms. The minimum atomic E-state index is -4.18. The van der Waals surface area contributed by atoms with Gasteiger partial charge in [0.15, 0.2) is 0 Å². The van der Waals surface area contributed by atoms with Crippen molar-refractivity contribution >= 4 is 5.97 Å². The normalized spacial score (nSPS) is 38.5. The van der Waals surface area contributed by atoms with Crippen LogP contribution in [-0.4, -0.2) is 24.8 Å². The average Bonchev–Trinajstić information content (AvgIpc) is 2.53. The predicted octanol–water partition coefficient (Wildman–Crippen LogP) is 2.00. The number of nitrogens with two attached hydrogens (primary N) is 1. The van der Waals surface area contributed by atoms with Gasteiger partial charge >= 0.3 is 12.1 Å². The lowest BCUT2D eigenvalue weighted by Crippen LogP contribution is -2.43. The van der Waals surface area contributed by atoms with E-state index in [1.54, 1.807) is 0 Å². The van der Waals surface area contributed by atoms with Gasteiger partial charge in [0, 0.05) is 12.0 Å². The van der Waals surface area contributed by atoms with Gasteiger partial charge in [-0.05, 0) is 19.3 Å². The van der Waals surface area contributed by atoms with Gasteiger partial charge in [0.05, 0.1) is 12.3 Å². The molecular formula is C11H16F3NO2. The predicted molar refractivity (Wildman–Crippen MR) is 54.0 cm³/mol. The van der Waals surface area contributed by atoms with Crippen molar-refractivity contribution in [3.05, 3.63) is 0 Å². The lowest BCUT2D eigenvalue weighted by atomic mass is 9.65. The van der Waals surface area contributed by atoms with Gasteiger partial charge in [-0.2, -0.15) is 13.2 Å². The molecule has 2 rings (SSSR count). The number of hydrogen-bond acceptors (Lipinski definition) is 3. The lowest BCUT2D eigenvalue weighted by molar-refractivity contribution is -0.194. The molecule has 3 unspecified atom stereocenters. The fraction of sp³-hybridized carbons (Fsp3) is 0.909. The molecule has 0 aromatic heterocycles. The first-order chi connectivity index (χ1) is 7.87. The molecule has 0 aromatic carbocycles. The molecule has 2 fully saturated rings. The van der Waals surface area contributed by atoms with Crippen molar-refractivity contribution in [2.45, 2.75) is 44.4 Å². The zero-order valence-electron chi connectivity index (χ0n) is 9.43.